The van der Waals surface area contributed by atoms with Crippen LogP contribution in [-0.2, 0) is 0 Å². The molecule has 0 amide bonds. The van der Waals surface area contributed by atoms with Gasteiger partial charge in [-0.25, -0.2) is 0 Å². The van der Waals surface area contributed by atoms with Crippen molar-refractivity contribution < 1.29 is 0 Å². The SMILES string of the molecule is CCNC1CCCCC1c1ccc(Cl)cc1. The topological polar surface area (TPSA) is 12.0 Å². The van der Waals surface area contributed by atoms with Crippen molar-refractivity contribution in [1.29, 1.82) is 0 Å². The molecule has 1 aliphatic carbocycles. The Bertz CT molecular complexity index is 318. The number of hydrogen-bond acceptors (Lipinski definition) is 1. The summed E-state index contributed by atoms with van der Waals surface area (Å²) in [7, 11) is 0. The molecule has 2 heteroatoms. The summed E-state index contributed by atoms with van der Waals surface area (Å²) in [5, 5.41) is 4.45. The summed E-state index contributed by atoms with van der Waals surface area (Å²) in [4.78, 5) is 0. The molecule has 1 aromatic carbocycles. The van der Waals surface area contributed by atoms with Gasteiger partial charge in [0.25, 0.3) is 0 Å². The monoisotopic (exact) mass is 237 g/mol. The van der Waals surface area contributed by atoms with E-state index >= 15 is 0 Å². The summed E-state index contributed by atoms with van der Waals surface area (Å²) in [6.07, 6.45) is 5.33. The van der Waals surface area contributed by atoms with Crippen molar-refractivity contribution in [3.8, 4) is 0 Å². The Morgan fingerprint density at radius 3 is 2.56 bits per heavy atom. The first-order chi connectivity index (χ1) is 7.81. The van der Waals surface area contributed by atoms with Gasteiger partial charge in [0.1, 0.15) is 0 Å². The lowest BCUT2D eigenvalue weighted by molar-refractivity contribution is 0.332. The smallest absolute Gasteiger partial charge is 0.0406 e. The van der Waals surface area contributed by atoms with Crippen LogP contribution in [0.3, 0.4) is 0 Å². The lowest BCUT2D eigenvalue weighted by atomic mass is 9.80. The molecule has 88 valence electrons. The van der Waals surface area contributed by atoms with Crippen LogP contribution in [0.5, 0.6) is 0 Å². The van der Waals surface area contributed by atoms with E-state index in [2.05, 4.69) is 24.4 Å². The van der Waals surface area contributed by atoms with Crippen LogP contribution in [0, 0.1) is 0 Å². The molecule has 16 heavy (non-hydrogen) atoms. The molecular weight excluding hydrogens is 218 g/mol. The number of likely N-dealkylation sites (N-methyl/N-ethyl adjacent to an activating group) is 1. The van der Waals surface area contributed by atoms with Crippen LogP contribution in [0.25, 0.3) is 0 Å². The average molecular weight is 238 g/mol. The molecule has 1 saturated carbocycles. The predicted octanol–water partition coefficient (Wildman–Crippen LogP) is 3.98. The maximum Gasteiger partial charge on any atom is 0.0406 e. The van der Waals surface area contributed by atoms with Crippen LogP contribution in [0.1, 0.15) is 44.1 Å². The zero-order valence-corrected chi connectivity index (χ0v) is 10.6. The van der Waals surface area contributed by atoms with Crippen LogP contribution in [0.15, 0.2) is 24.3 Å². The minimum absolute atomic E-state index is 0.653. The number of halogens is 1. The largest absolute Gasteiger partial charge is 0.314 e. The van der Waals surface area contributed by atoms with Crippen molar-refractivity contribution in [2.75, 3.05) is 6.54 Å². The molecule has 2 rings (SSSR count). The highest BCUT2D eigenvalue weighted by Crippen LogP contribution is 2.33. The highest BCUT2D eigenvalue weighted by atomic mass is 35.5. The fraction of sp³-hybridized carbons (Fsp3) is 0.571. The van der Waals surface area contributed by atoms with Gasteiger partial charge in [0, 0.05) is 11.1 Å². The quantitative estimate of drug-likeness (QED) is 0.839. The van der Waals surface area contributed by atoms with Gasteiger partial charge < -0.3 is 5.32 Å². The van der Waals surface area contributed by atoms with Crippen molar-refractivity contribution in [2.45, 2.75) is 44.6 Å². The van der Waals surface area contributed by atoms with Crippen LogP contribution in [0.2, 0.25) is 5.02 Å². The first kappa shape index (κ1) is 11.9. The lowest BCUT2D eigenvalue weighted by Crippen LogP contribution is -2.37. The molecular formula is C14H20ClN. The number of nitrogens with one attached hydrogen (secondary N) is 1. The van der Waals surface area contributed by atoms with E-state index in [0.29, 0.717) is 12.0 Å². The van der Waals surface area contributed by atoms with Gasteiger partial charge in [0.15, 0.2) is 0 Å². The molecule has 1 aromatic rings. The molecule has 0 saturated heterocycles. The third-order valence-corrected chi connectivity index (χ3v) is 3.78. The van der Waals surface area contributed by atoms with Gasteiger partial charge in [-0.1, -0.05) is 43.5 Å². The van der Waals surface area contributed by atoms with E-state index < -0.39 is 0 Å². The zero-order chi connectivity index (χ0) is 11.4. The first-order valence-electron chi connectivity index (χ1n) is 6.30. The van der Waals surface area contributed by atoms with E-state index in [0.717, 1.165) is 11.6 Å². The highest BCUT2D eigenvalue weighted by molar-refractivity contribution is 6.30. The van der Waals surface area contributed by atoms with Crippen LogP contribution in [-0.4, -0.2) is 12.6 Å². The molecule has 0 spiro atoms. The minimum atomic E-state index is 0.653. The second-order valence-corrected chi connectivity index (χ2v) is 5.04. The maximum absolute atomic E-state index is 5.93. The molecule has 2 atom stereocenters. The minimum Gasteiger partial charge on any atom is -0.314 e. The Morgan fingerprint density at radius 1 is 1.19 bits per heavy atom. The van der Waals surface area contributed by atoms with Gasteiger partial charge >= 0.3 is 0 Å². The standard InChI is InChI=1S/C14H20ClN/c1-2-16-14-6-4-3-5-13(14)11-7-9-12(15)10-8-11/h7-10,13-14,16H,2-6H2,1H3. The summed E-state index contributed by atoms with van der Waals surface area (Å²) in [5.74, 6) is 0.672. The van der Waals surface area contributed by atoms with E-state index in [9.17, 15) is 0 Å². The second-order valence-electron chi connectivity index (χ2n) is 4.61. The van der Waals surface area contributed by atoms with Gasteiger partial charge in [0.05, 0.1) is 0 Å². The fourth-order valence-electron chi connectivity index (χ4n) is 2.75. The van der Waals surface area contributed by atoms with E-state index in [1.165, 1.54) is 31.2 Å². The third-order valence-electron chi connectivity index (χ3n) is 3.53. The molecule has 0 radical (unpaired) electrons. The van der Waals surface area contributed by atoms with Gasteiger partial charge in [-0.05, 0) is 43.0 Å². The Kier molecular flexibility index (Phi) is 4.25. The molecule has 0 heterocycles. The fourth-order valence-corrected chi connectivity index (χ4v) is 2.87. The lowest BCUT2D eigenvalue weighted by Gasteiger charge is -2.32. The van der Waals surface area contributed by atoms with Crippen molar-refractivity contribution in [2.24, 2.45) is 0 Å². The summed E-state index contributed by atoms with van der Waals surface area (Å²) in [6, 6.07) is 9.04. The normalized spacial score (nSPS) is 25.6. The van der Waals surface area contributed by atoms with Gasteiger partial charge in [-0.2, -0.15) is 0 Å². The summed E-state index contributed by atoms with van der Waals surface area (Å²) >= 11 is 5.93. The zero-order valence-electron chi connectivity index (χ0n) is 9.88. The van der Waals surface area contributed by atoms with Crippen LogP contribution in [0.4, 0.5) is 0 Å². The highest BCUT2D eigenvalue weighted by Gasteiger charge is 2.25. The summed E-state index contributed by atoms with van der Waals surface area (Å²) < 4.78 is 0. The molecule has 0 aliphatic heterocycles. The number of benzene rings is 1. The first-order valence-corrected chi connectivity index (χ1v) is 6.68. The van der Waals surface area contributed by atoms with Crippen molar-refractivity contribution in [3.05, 3.63) is 34.9 Å². The number of hydrogen-bond donors (Lipinski definition) is 1. The second kappa shape index (κ2) is 5.70. The van der Waals surface area contributed by atoms with E-state index in [1.54, 1.807) is 0 Å². The van der Waals surface area contributed by atoms with Gasteiger partial charge in [-0.3, -0.25) is 0 Å². The Balaban J connectivity index is 2.13. The molecule has 2 unspecified atom stereocenters. The molecule has 0 aromatic heterocycles. The van der Waals surface area contributed by atoms with Crippen LogP contribution < -0.4 is 5.32 Å². The Hall–Kier alpha value is -0.530. The van der Waals surface area contributed by atoms with E-state index in [-0.39, 0.29) is 0 Å². The Morgan fingerprint density at radius 2 is 1.88 bits per heavy atom. The van der Waals surface area contributed by atoms with Gasteiger partial charge in [-0.15, -0.1) is 0 Å². The predicted molar refractivity (Wildman–Crippen MR) is 70.1 cm³/mol. The third kappa shape index (κ3) is 2.78. The van der Waals surface area contributed by atoms with Crippen molar-refractivity contribution in [1.82, 2.24) is 5.32 Å². The van der Waals surface area contributed by atoms with Crippen molar-refractivity contribution in [3.63, 3.8) is 0 Å². The summed E-state index contributed by atoms with van der Waals surface area (Å²) in [6.45, 7) is 3.25. The maximum atomic E-state index is 5.93. The molecule has 0 bridgehead atoms. The average Bonchev–Trinajstić information content (AvgIpc) is 2.32. The summed E-state index contributed by atoms with van der Waals surface area (Å²) in [5.41, 5.74) is 1.44. The van der Waals surface area contributed by atoms with E-state index in [4.69, 9.17) is 11.6 Å². The van der Waals surface area contributed by atoms with Crippen molar-refractivity contribution >= 4 is 11.6 Å². The Labute approximate surface area is 103 Å². The molecule has 1 fully saturated rings. The molecule has 1 N–H and O–H groups in total. The number of rotatable bonds is 3. The molecule has 1 nitrogen and oxygen atoms in total. The van der Waals surface area contributed by atoms with Gasteiger partial charge in [0.2, 0.25) is 0 Å². The molecule has 1 aliphatic rings. The van der Waals surface area contributed by atoms with E-state index in [1.807, 2.05) is 12.1 Å². The van der Waals surface area contributed by atoms with Crippen LogP contribution >= 0.6 is 11.6 Å².